The maximum absolute atomic E-state index is 6.11. The van der Waals surface area contributed by atoms with E-state index in [0.717, 1.165) is 28.0 Å². The SMILES string of the molecule is CC(NC(=S)[C@@H]1COc2cc(C(C)(C)C)ccc2O1)c1ccc2[nH]ncc2c1. The number of nitrogens with zero attached hydrogens (tertiary/aromatic N) is 1. The molecule has 2 aromatic carbocycles. The minimum atomic E-state index is -0.303. The molecule has 0 bridgehead atoms. The Morgan fingerprint density at radius 3 is 2.82 bits per heavy atom. The first-order valence-corrected chi connectivity index (χ1v) is 9.89. The largest absolute Gasteiger partial charge is 0.485 e. The van der Waals surface area contributed by atoms with E-state index in [-0.39, 0.29) is 17.6 Å². The van der Waals surface area contributed by atoms with Gasteiger partial charge in [0.15, 0.2) is 17.6 Å². The minimum Gasteiger partial charge on any atom is -0.485 e. The highest BCUT2D eigenvalue weighted by Gasteiger charge is 2.27. The van der Waals surface area contributed by atoms with Gasteiger partial charge in [-0.25, -0.2) is 0 Å². The van der Waals surface area contributed by atoms with Crippen LogP contribution in [0.2, 0.25) is 0 Å². The van der Waals surface area contributed by atoms with Gasteiger partial charge < -0.3 is 14.8 Å². The predicted molar refractivity (Wildman–Crippen MR) is 115 cm³/mol. The van der Waals surface area contributed by atoms with Crippen LogP contribution in [0.5, 0.6) is 11.5 Å². The molecule has 1 aliphatic rings. The van der Waals surface area contributed by atoms with E-state index in [1.807, 2.05) is 18.3 Å². The normalized spacial score (nSPS) is 17.4. The number of hydrogen-bond donors (Lipinski definition) is 2. The standard InChI is InChI=1S/C22H25N3O2S/c1-13(14-5-7-17-15(9-14)11-23-25-17)24-21(28)20-12-26-19-10-16(22(2,3)4)6-8-18(19)27-20/h5-11,13,20H,12H2,1-4H3,(H,23,25)(H,24,28)/t13?,20-/m0/s1. The number of ether oxygens (including phenoxy) is 2. The summed E-state index contributed by atoms with van der Waals surface area (Å²) in [5, 5.41) is 11.5. The van der Waals surface area contributed by atoms with Crippen LogP contribution in [0.25, 0.3) is 10.9 Å². The van der Waals surface area contributed by atoms with Crippen LogP contribution in [0.1, 0.15) is 44.9 Å². The maximum atomic E-state index is 6.11. The summed E-state index contributed by atoms with van der Waals surface area (Å²) < 4.78 is 12.1. The Hall–Kier alpha value is -2.60. The van der Waals surface area contributed by atoms with Crippen LogP contribution in [0.4, 0.5) is 0 Å². The molecule has 1 aromatic heterocycles. The lowest BCUT2D eigenvalue weighted by Gasteiger charge is -2.30. The molecule has 2 N–H and O–H groups in total. The van der Waals surface area contributed by atoms with Gasteiger partial charge >= 0.3 is 0 Å². The Morgan fingerprint density at radius 1 is 1.21 bits per heavy atom. The van der Waals surface area contributed by atoms with E-state index in [1.165, 1.54) is 5.56 Å². The molecule has 28 heavy (non-hydrogen) atoms. The van der Waals surface area contributed by atoms with Gasteiger partial charge in [0.2, 0.25) is 0 Å². The van der Waals surface area contributed by atoms with Gasteiger partial charge in [0.1, 0.15) is 11.6 Å². The van der Waals surface area contributed by atoms with Crippen molar-refractivity contribution in [3.63, 3.8) is 0 Å². The lowest BCUT2D eigenvalue weighted by molar-refractivity contribution is 0.133. The molecule has 3 aromatic rings. The first-order valence-electron chi connectivity index (χ1n) is 9.48. The third-order valence-corrected chi connectivity index (χ3v) is 5.47. The minimum absolute atomic E-state index is 0.0556. The second kappa shape index (κ2) is 7.09. The first-order chi connectivity index (χ1) is 13.3. The predicted octanol–water partition coefficient (Wildman–Crippen LogP) is 4.68. The van der Waals surface area contributed by atoms with E-state index in [1.54, 1.807) is 0 Å². The number of H-pyrrole nitrogens is 1. The summed E-state index contributed by atoms with van der Waals surface area (Å²) in [4.78, 5) is 0.644. The zero-order chi connectivity index (χ0) is 19.9. The molecule has 4 rings (SSSR count). The topological polar surface area (TPSA) is 59.2 Å². The van der Waals surface area contributed by atoms with Crippen LogP contribution in [-0.4, -0.2) is 27.9 Å². The molecule has 0 spiro atoms. The van der Waals surface area contributed by atoms with Crippen LogP contribution in [0.15, 0.2) is 42.6 Å². The number of rotatable bonds is 3. The van der Waals surface area contributed by atoms with Gasteiger partial charge in [0.05, 0.1) is 11.7 Å². The number of aromatic amines is 1. The van der Waals surface area contributed by atoms with Crippen molar-refractivity contribution in [2.75, 3.05) is 6.61 Å². The lowest BCUT2D eigenvalue weighted by atomic mass is 9.87. The van der Waals surface area contributed by atoms with Crippen LogP contribution in [0, 0.1) is 0 Å². The molecule has 0 amide bonds. The van der Waals surface area contributed by atoms with Gasteiger partial charge in [0.25, 0.3) is 0 Å². The molecular weight excluding hydrogens is 370 g/mol. The number of benzene rings is 2. The molecule has 0 radical (unpaired) electrons. The van der Waals surface area contributed by atoms with Gasteiger partial charge in [-0.15, -0.1) is 0 Å². The zero-order valence-electron chi connectivity index (χ0n) is 16.6. The van der Waals surface area contributed by atoms with Gasteiger partial charge in [-0.2, -0.15) is 5.10 Å². The van der Waals surface area contributed by atoms with Crippen molar-refractivity contribution >= 4 is 28.1 Å². The van der Waals surface area contributed by atoms with Gasteiger partial charge in [-0.1, -0.05) is 45.1 Å². The second-order valence-electron chi connectivity index (χ2n) is 8.28. The summed E-state index contributed by atoms with van der Waals surface area (Å²) in [6.45, 7) is 9.04. The molecular formula is C22H25N3O2S. The highest BCUT2D eigenvalue weighted by molar-refractivity contribution is 7.80. The van der Waals surface area contributed by atoms with E-state index in [9.17, 15) is 0 Å². The number of nitrogens with one attached hydrogen (secondary N) is 2. The highest BCUT2D eigenvalue weighted by atomic mass is 32.1. The fraction of sp³-hybridized carbons (Fsp3) is 0.364. The Kier molecular flexibility index (Phi) is 4.75. The Morgan fingerprint density at radius 2 is 2.04 bits per heavy atom. The van der Waals surface area contributed by atoms with E-state index >= 15 is 0 Å². The number of hydrogen-bond acceptors (Lipinski definition) is 4. The number of fused-ring (bicyclic) bond motifs is 2. The molecule has 2 atom stereocenters. The molecule has 0 fully saturated rings. The van der Waals surface area contributed by atoms with E-state index < -0.39 is 0 Å². The van der Waals surface area contributed by atoms with Crippen LogP contribution < -0.4 is 14.8 Å². The van der Waals surface area contributed by atoms with Crippen molar-refractivity contribution in [3.05, 3.63) is 53.7 Å². The van der Waals surface area contributed by atoms with Crippen molar-refractivity contribution in [1.29, 1.82) is 0 Å². The Bertz CT molecular complexity index is 1020. The summed E-state index contributed by atoms with van der Waals surface area (Å²) in [6.07, 6.45) is 1.52. The summed E-state index contributed by atoms with van der Waals surface area (Å²) in [6, 6.07) is 12.4. The Labute approximate surface area is 170 Å². The van der Waals surface area contributed by atoms with E-state index in [2.05, 4.69) is 67.5 Å². The van der Waals surface area contributed by atoms with E-state index in [4.69, 9.17) is 21.7 Å². The van der Waals surface area contributed by atoms with Crippen molar-refractivity contribution in [2.24, 2.45) is 0 Å². The van der Waals surface area contributed by atoms with Crippen LogP contribution >= 0.6 is 12.2 Å². The molecule has 5 nitrogen and oxygen atoms in total. The Balaban J connectivity index is 1.44. The fourth-order valence-electron chi connectivity index (χ4n) is 3.29. The molecule has 1 unspecified atom stereocenters. The summed E-state index contributed by atoms with van der Waals surface area (Å²) in [5.41, 5.74) is 3.45. The van der Waals surface area contributed by atoms with Crippen molar-refractivity contribution in [1.82, 2.24) is 15.5 Å². The third kappa shape index (κ3) is 3.69. The fourth-order valence-corrected chi connectivity index (χ4v) is 3.58. The lowest BCUT2D eigenvalue weighted by Crippen LogP contribution is -2.43. The average Bonchev–Trinajstić information content (AvgIpc) is 3.14. The average molecular weight is 396 g/mol. The smallest absolute Gasteiger partial charge is 0.182 e. The number of thiocarbonyl (C=S) groups is 1. The molecule has 0 aliphatic carbocycles. The molecule has 2 heterocycles. The molecule has 6 heteroatoms. The van der Waals surface area contributed by atoms with Gasteiger partial charge in [0, 0.05) is 11.4 Å². The van der Waals surface area contributed by atoms with E-state index in [0.29, 0.717) is 11.6 Å². The maximum Gasteiger partial charge on any atom is 0.182 e. The summed E-state index contributed by atoms with van der Waals surface area (Å²) in [5.74, 6) is 1.52. The van der Waals surface area contributed by atoms with Crippen LogP contribution in [-0.2, 0) is 5.41 Å². The molecule has 0 saturated heterocycles. The molecule has 146 valence electrons. The highest BCUT2D eigenvalue weighted by Crippen LogP contribution is 2.36. The van der Waals surface area contributed by atoms with Crippen LogP contribution in [0.3, 0.4) is 0 Å². The second-order valence-corrected chi connectivity index (χ2v) is 8.72. The molecule has 0 saturated carbocycles. The van der Waals surface area contributed by atoms with Crippen molar-refractivity contribution < 1.29 is 9.47 Å². The monoisotopic (exact) mass is 395 g/mol. The zero-order valence-corrected chi connectivity index (χ0v) is 17.4. The summed E-state index contributed by atoms with van der Waals surface area (Å²) in [7, 11) is 0. The van der Waals surface area contributed by atoms with Crippen molar-refractivity contribution in [3.8, 4) is 11.5 Å². The van der Waals surface area contributed by atoms with Gasteiger partial charge in [-0.05, 0) is 47.7 Å². The third-order valence-electron chi connectivity index (χ3n) is 5.08. The van der Waals surface area contributed by atoms with Gasteiger partial charge in [-0.3, -0.25) is 5.10 Å². The summed E-state index contributed by atoms with van der Waals surface area (Å²) >= 11 is 5.61. The first kappa shape index (κ1) is 18.7. The molecule has 1 aliphatic heterocycles. The number of aromatic nitrogens is 2. The van der Waals surface area contributed by atoms with Crippen molar-refractivity contribution in [2.45, 2.75) is 45.3 Å². The quantitative estimate of drug-likeness (QED) is 0.631.